The molecule has 1 saturated heterocycles. The molecule has 3 heteroatoms. The van der Waals surface area contributed by atoms with E-state index in [2.05, 4.69) is 71.9 Å². The smallest absolute Gasteiger partial charge is 0.0535 e. The number of nitrogens with zero attached hydrogens (tertiary/aromatic N) is 1. The maximum absolute atomic E-state index is 3.77. The van der Waals surface area contributed by atoms with Crippen LogP contribution in [0.4, 0.5) is 0 Å². The predicted octanol–water partition coefficient (Wildman–Crippen LogP) is 4.02. The van der Waals surface area contributed by atoms with E-state index in [4.69, 9.17) is 0 Å². The van der Waals surface area contributed by atoms with E-state index in [9.17, 15) is 0 Å². The minimum Gasteiger partial charge on any atom is -0.307 e. The van der Waals surface area contributed by atoms with Crippen LogP contribution in [0, 0.1) is 0 Å². The Morgan fingerprint density at radius 2 is 2.00 bits per heavy atom. The molecule has 0 amide bonds. The molecule has 0 bridgehead atoms. The molecule has 2 unspecified atom stereocenters. The van der Waals surface area contributed by atoms with Crippen LogP contribution in [-0.4, -0.2) is 24.5 Å². The third kappa shape index (κ3) is 3.20. The zero-order valence-corrected chi connectivity index (χ0v) is 13.7. The SMILES string of the molecule is CC(c1cccs1)N1CCCNC(C)(c2ccccc2)C1. The van der Waals surface area contributed by atoms with Gasteiger partial charge in [0.1, 0.15) is 0 Å². The average Bonchev–Trinajstić information content (AvgIpc) is 2.97. The van der Waals surface area contributed by atoms with Crippen molar-refractivity contribution in [1.82, 2.24) is 10.2 Å². The largest absolute Gasteiger partial charge is 0.307 e. The summed E-state index contributed by atoms with van der Waals surface area (Å²) in [5.74, 6) is 0. The maximum Gasteiger partial charge on any atom is 0.0535 e. The second kappa shape index (κ2) is 6.30. The summed E-state index contributed by atoms with van der Waals surface area (Å²) in [7, 11) is 0. The Labute approximate surface area is 131 Å². The van der Waals surface area contributed by atoms with E-state index in [1.54, 1.807) is 0 Å². The highest BCUT2D eigenvalue weighted by Gasteiger charge is 2.32. The molecule has 2 aromatic rings. The lowest BCUT2D eigenvalue weighted by Crippen LogP contribution is -2.46. The molecule has 1 N–H and O–H groups in total. The number of benzene rings is 1. The van der Waals surface area contributed by atoms with E-state index in [0.29, 0.717) is 6.04 Å². The first-order valence-corrected chi connectivity index (χ1v) is 8.65. The van der Waals surface area contributed by atoms with Crippen LogP contribution in [0.2, 0.25) is 0 Å². The number of thiophene rings is 1. The second-order valence-corrected chi connectivity index (χ2v) is 7.12. The number of hydrogen-bond acceptors (Lipinski definition) is 3. The summed E-state index contributed by atoms with van der Waals surface area (Å²) in [6.07, 6.45) is 1.21. The van der Waals surface area contributed by atoms with Crippen molar-refractivity contribution >= 4 is 11.3 Å². The van der Waals surface area contributed by atoms with Crippen molar-refractivity contribution in [3.8, 4) is 0 Å². The van der Waals surface area contributed by atoms with E-state index >= 15 is 0 Å². The van der Waals surface area contributed by atoms with Crippen LogP contribution in [0.25, 0.3) is 0 Å². The van der Waals surface area contributed by atoms with Gasteiger partial charge >= 0.3 is 0 Å². The summed E-state index contributed by atoms with van der Waals surface area (Å²) in [5, 5.41) is 5.95. The first kappa shape index (κ1) is 14.8. The van der Waals surface area contributed by atoms with Gasteiger partial charge in [-0.3, -0.25) is 4.90 Å². The molecule has 2 heterocycles. The Hall–Kier alpha value is -1.16. The van der Waals surface area contributed by atoms with Gasteiger partial charge in [-0.05, 0) is 43.8 Å². The fraction of sp³-hybridized carbons (Fsp3) is 0.444. The van der Waals surface area contributed by atoms with Crippen molar-refractivity contribution in [3.05, 3.63) is 58.3 Å². The van der Waals surface area contributed by atoms with Gasteiger partial charge in [-0.2, -0.15) is 0 Å². The fourth-order valence-electron chi connectivity index (χ4n) is 3.23. The molecule has 0 saturated carbocycles. The van der Waals surface area contributed by atoms with Crippen LogP contribution in [0.1, 0.15) is 36.8 Å². The van der Waals surface area contributed by atoms with Crippen LogP contribution in [0.15, 0.2) is 47.8 Å². The molecule has 1 aromatic carbocycles. The zero-order chi connectivity index (χ0) is 14.7. The molecule has 3 rings (SSSR count). The number of nitrogens with one attached hydrogen (secondary N) is 1. The van der Waals surface area contributed by atoms with Crippen LogP contribution >= 0.6 is 11.3 Å². The summed E-state index contributed by atoms with van der Waals surface area (Å²) in [5.41, 5.74) is 1.42. The first-order valence-electron chi connectivity index (χ1n) is 7.77. The molecule has 1 aromatic heterocycles. The third-order valence-electron chi connectivity index (χ3n) is 4.57. The van der Waals surface area contributed by atoms with E-state index in [-0.39, 0.29) is 5.54 Å². The van der Waals surface area contributed by atoms with Gasteiger partial charge in [0.2, 0.25) is 0 Å². The van der Waals surface area contributed by atoms with Gasteiger partial charge in [0.25, 0.3) is 0 Å². The second-order valence-electron chi connectivity index (χ2n) is 6.14. The van der Waals surface area contributed by atoms with E-state index in [0.717, 1.165) is 19.6 Å². The minimum absolute atomic E-state index is 0.0310. The highest BCUT2D eigenvalue weighted by Crippen LogP contribution is 2.31. The zero-order valence-electron chi connectivity index (χ0n) is 12.9. The monoisotopic (exact) mass is 300 g/mol. The molecule has 0 aliphatic carbocycles. The van der Waals surface area contributed by atoms with Crippen molar-refractivity contribution in [2.45, 2.75) is 31.8 Å². The summed E-state index contributed by atoms with van der Waals surface area (Å²) >= 11 is 1.87. The molecule has 1 aliphatic rings. The van der Waals surface area contributed by atoms with Crippen LogP contribution in [0.3, 0.4) is 0 Å². The van der Waals surface area contributed by atoms with Crippen LogP contribution in [-0.2, 0) is 5.54 Å². The molecular formula is C18H24N2S. The van der Waals surface area contributed by atoms with Gasteiger partial charge in [0.15, 0.2) is 0 Å². The average molecular weight is 300 g/mol. The van der Waals surface area contributed by atoms with Crippen molar-refractivity contribution in [2.24, 2.45) is 0 Å². The standard InChI is InChI=1S/C18H24N2S/c1-15(17-10-6-13-21-17)20-12-7-11-19-18(2,14-20)16-8-4-3-5-9-16/h3-6,8-10,13,15,19H,7,11-12,14H2,1-2H3. The molecule has 2 atom stereocenters. The molecule has 2 nitrogen and oxygen atoms in total. The molecule has 1 aliphatic heterocycles. The Bertz CT molecular complexity index is 552. The summed E-state index contributed by atoms with van der Waals surface area (Å²) in [6.45, 7) is 7.97. The third-order valence-corrected chi connectivity index (χ3v) is 5.61. The van der Waals surface area contributed by atoms with Crippen molar-refractivity contribution in [3.63, 3.8) is 0 Å². The Kier molecular flexibility index (Phi) is 4.43. The summed E-state index contributed by atoms with van der Waals surface area (Å²) in [6, 6.07) is 15.8. The molecule has 1 fully saturated rings. The Morgan fingerprint density at radius 3 is 2.71 bits per heavy atom. The van der Waals surface area contributed by atoms with Gasteiger partial charge in [-0.15, -0.1) is 11.3 Å². The van der Waals surface area contributed by atoms with Crippen molar-refractivity contribution in [2.75, 3.05) is 19.6 Å². The van der Waals surface area contributed by atoms with E-state index in [1.807, 2.05) is 11.3 Å². The lowest BCUT2D eigenvalue weighted by atomic mass is 9.91. The predicted molar refractivity (Wildman–Crippen MR) is 90.7 cm³/mol. The molecule has 0 spiro atoms. The van der Waals surface area contributed by atoms with Gasteiger partial charge in [0, 0.05) is 24.0 Å². The fourth-order valence-corrected chi connectivity index (χ4v) is 4.04. The van der Waals surface area contributed by atoms with Crippen LogP contribution < -0.4 is 5.32 Å². The van der Waals surface area contributed by atoms with Gasteiger partial charge in [0.05, 0.1) is 5.54 Å². The van der Waals surface area contributed by atoms with E-state index < -0.39 is 0 Å². The van der Waals surface area contributed by atoms with Crippen LogP contribution in [0.5, 0.6) is 0 Å². The normalized spacial score (nSPS) is 25.4. The van der Waals surface area contributed by atoms with Gasteiger partial charge in [-0.25, -0.2) is 0 Å². The molecule has 21 heavy (non-hydrogen) atoms. The lowest BCUT2D eigenvalue weighted by molar-refractivity contribution is 0.174. The summed E-state index contributed by atoms with van der Waals surface area (Å²) < 4.78 is 0. The Balaban J connectivity index is 1.84. The first-order chi connectivity index (χ1) is 10.2. The summed E-state index contributed by atoms with van der Waals surface area (Å²) in [4.78, 5) is 4.09. The van der Waals surface area contributed by atoms with Gasteiger partial charge in [-0.1, -0.05) is 36.4 Å². The van der Waals surface area contributed by atoms with Crippen molar-refractivity contribution in [1.29, 1.82) is 0 Å². The van der Waals surface area contributed by atoms with Gasteiger partial charge < -0.3 is 5.32 Å². The van der Waals surface area contributed by atoms with E-state index in [1.165, 1.54) is 16.9 Å². The molecule has 112 valence electrons. The highest BCUT2D eigenvalue weighted by molar-refractivity contribution is 7.10. The maximum atomic E-state index is 3.77. The quantitative estimate of drug-likeness (QED) is 0.921. The number of rotatable bonds is 3. The lowest BCUT2D eigenvalue weighted by Gasteiger charge is -2.36. The highest BCUT2D eigenvalue weighted by atomic mass is 32.1. The topological polar surface area (TPSA) is 15.3 Å². The Morgan fingerprint density at radius 1 is 1.19 bits per heavy atom. The van der Waals surface area contributed by atoms with Crippen molar-refractivity contribution < 1.29 is 0 Å². The number of hydrogen-bond donors (Lipinski definition) is 1. The minimum atomic E-state index is 0.0310. The molecular weight excluding hydrogens is 276 g/mol. The molecule has 0 radical (unpaired) electrons.